The Hall–Kier alpha value is -1.06. The molecule has 1 aromatic carbocycles. The summed E-state index contributed by atoms with van der Waals surface area (Å²) < 4.78 is 0. The highest BCUT2D eigenvalue weighted by Crippen LogP contribution is 2.26. The standard InChI is InChI=1S/C16H27N3/c1-13-4-5-16(14(12-13)6-9-17)19(3)15-7-10-18(2)11-8-15/h4-5,12,15H,6-11,17H2,1-3H3. The molecule has 0 bridgehead atoms. The molecule has 1 aromatic rings. The summed E-state index contributed by atoms with van der Waals surface area (Å²) in [4.78, 5) is 4.89. The number of piperidine rings is 1. The van der Waals surface area contributed by atoms with Crippen LogP contribution in [0.3, 0.4) is 0 Å². The molecule has 0 atom stereocenters. The Morgan fingerprint density at radius 2 is 2.00 bits per heavy atom. The molecular weight excluding hydrogens is 234 g/mol. The lowest BCUT2D eigenvalue weighted by molar-refractivity contribution is 0.253. The molecule has 0 unspecified atom stereocenters. The molecule has 0 radical (unpaired) electrons. The number of nitrogens with two attached hydrogens (primary N) is 1. The zero-order chi connectivity index (χ0) is 13.8. The van der Waals surface area contributed by atoms with Crippen LogP contribution in [0.1, 0.15) is 24.0 Å². The van der Waals surface area contributed by atoms with Gasteiger partial charge in [0.15, 0.2) is 0 Å². The number of rotatable bonds is 4. The first-order valence-electron chi connectivity index (χ1n) is 7.33. The zero-order valence-corrected chi connectivity index (χ0v) is 12.5. The Labute approximate surface area is 117 Å². The minimum atomic E-state index is 0.662. The monoisotopic (exact) mass is 261 g/mol. The second kappa shape index (κ2) is 6.40. The fourth-order valence-corrected chi connectivity index (χ4v) is 2.99. The Morgan fingerprint density at radius 3 is 2.63 bits per heavy atom. The van der Waals surface area contributed by atoms with Gasteiger partial charge in [-0.05, 0) is 64.5 Å². The van der Waals surface area contributed by atoms with E-state index < -0.39 is 0 Å². The Kier molecular flexibility index (Phi) is 4.83. The van der Waals surface area contributed by atoms with E-state index >= 15 is 0 Å². The molecule has 2 N–H and O–H groups in total. The summed E-state index contributed by atoms with van der Waals surface area (Å²) in [6.07, 6.45) is 3.47. The van der Waals surface area contributed by atoms with Gasteiger partial charge in [0.1, 0.15) is 0 Å². The topological polar surface area (TPSA) is 32.5 Å². The van der Waals surface area contributed by atoms with Crippen LogP contribution in [0.2, 0.25) is 0 Å². The summed E-state index contributed by atoms with van der Waals surface area (Å²) >= 11 is 0. The normalized spacial score (nSPS) is 17.7. The molecule has 1 heterocycles. The largest absolute Gasteiger partial charge is 0.371 e. The second-order valence-corrected chi connectivity index (χ2v) is 5.82. The second-order valence-electron chi connectivity index (χ2n) is 5.82. The van der Waals surface area contributed by atoms with Gasteiger partial charge in [0.05, 0.1) is 0 Å². The summed E-state index contributed by atoms with van der Waals surface area (Å²) in [7, 11) is 4.45. The fourth-order valence-electron chi connectivity index (χ4n) is 2.99. The molecule has 19 heavy (non-hydrogen) atoms. The van der Waals surface area contributed by atoms with Gasteiger partial charge < -0.3 is 15.5 Å². The van der Waals surface area contributed by atoms with Gasteiger partial charge in [0.25, 0.3) is 0 Å². The van der Waals surface area contributed by atoms with Gasteiger partial charge in [-0.25, -0.2) is 0 Å². The molecule has 0 saturated carbocycles. The summed E-state index contributed by atoms with van der Waals surface area (Å²) in [5.41, 5.74) is 9.83. The zero-order valence-electron chi connectivity index (χ0n) is 12.5. The first-order valence-corrected chi connectivity index (χ1v) is 7.33. The quantitative estimate of drug-likeness (QED) is 0.900. The molecule has 1 saturated heterocycles. The van der Waals surface area contributed by atoms with E-state index in [1.54, 1.807) is 0 Å². The molecule has 3 nitrogen and oxygen atoms in total. The highest BCUT2D eigenvalue weighted by Gasteiger charge is 2.22. The number of likely N-dealkylation sites (tertiary alicyclic amines) is 1. The van der Waals surface area contributed by atoms with Gasteiger partial charge in [0.2, 0.25) is 0 Å². The number of hydrogen-bond acceptors (Lipinski definition) is 3. The van der Waals surface area contributed by atoms with E-state index in [9.17, 15) is 0 Å². The average Bonchev–Trinajstić information content (AvgIpc) is 2.39. The van der Waals surface area contributed by atoms with Crippen LogP contribution in [-0.2, 0) is 6.42 Å². The van der Waals surface area contributed by atoms with E-state index in [4.69, 9.17) is 5.73 Å². The van der Waals surface area contributed by atoms with Gasteiger partial charge in [-0.15, -0.1) is 0 Å². The lowest BCUT2D eigenvalue weighted by atomic mass is 10.00. The maximum atomic E-state index is 5.75. The van der Waals surface area contributed by atoms with Gasteiger partial charge in [-0.2, -0.15) is 0 Å². The van der Waals surface area contributed by atoms with Crippen LogP contribution in [0.25, 0.3) is 0 Å². The van der Waals surface area contributed by atoms with Crippen molar-refractivity contribution < 1.29 is 0 Å². The molecule has 0 amide bonds. The van der Waals surface area contributed by atoms with Crippen LogP contribution in [0, 0.1) is 6.92 Å². The van der Waals surface area contributed by atoms with Crippen LogP contribution < -0.4 is 10.6 Å². The molecule has 0 aromatic heterocycles. The lowest BCUT2D eigenvalue weighted by Gasteiger charge is -2.37. The first-order chi connectivity index (χ1) is 9.11. The van der Waals surface area contributed by atoms with Crippen LogP contribution in [0.15, 0.2) is 18.2 Å². The summed E-state index contributed by atoms with van der Waals surface area (Å²) in [5, 5.41) is 0. The molecule has 1 aliphatic rings. The van der Waals surface area contributed by atoms with Crippen LogP contribution in [0.5, 0.6) is 0 Å². The molecule has 0 aliphatic carbocycles. The minimum Gasteiger partial charge on any atom is -0.371 e. The van der Waals surface area contributed by atoms with Gasteiger partial charge >= 0.3 is 0 Å². The third-order valence-electron chi connectivity index (χ3n) is 4.26. The van der Waals surface area contributed by atoms with Crippen LogP contribution in [0.4, 0.5) is 5.69 Å². The fraction of sp³-hybridized carbons (Fsp3) is 0.625. The van der Waals surface area contributed by atoms with E-state index in [2.05, 4.69) is 49.0 Å². The lowest BCUT2D eigenvalue weighted by Crippen LogP contribution is -2.42. The molecule has 3 heteroatoms. The van der Waals surface area contributed by atoms with E-state index in [1.807, 2.05) is 0 Å². The van der Waals surface area contributed by atoms with Crippen molar-refractivity contribution in [3.05, 3.63) is 29.3 Å². The molecule has 2 rings (SSSR count). The molecule has 0 spiro atoms. The van der Waals surface area contributed by atoms with Crippen molar-refractivity contribution in [2.24, 2.45) is 5.73 Å². The van der Waals surface area contributed by atoms with Gasteiger partial charge in [0, 0.05) is 18.8 Å². The maximum Gasteiger partial charge on any atom is 0.0399 e. The third-order valence-corrected chi connectivity index (χ3v) is 4.26. The third kappa shape index (κ3) is 3.48. The average molecular weight is 261 g/mol. The first kappa shape index (κ1) is 14.4. The molecule has 1 fully saturated rings. The number of benzene rings is 1. The van der Waals surface area contributed by atoms with E-state index in [0.717, 1.165) is 13.0 Å². The Morgan fingerprint density at radius 1 is 1.32 bits per heavy atom. The van der Waals surface area contributed by atoms with Crippen LogP contribution >= 0.6 is 0 Å². The molecule has 106 valence electrons. The summed E-state index contributed by atoms with van der Waals surface area (Å²) in [6, 6.07) is 7.42. The van der Waals surface area contributed by atoms with Crippen LogP contribution in [-0.4, -0.2) is 44.7 Å². The highest BCUT2D eigenvalue weighted by molar-refractivity contribution is 5.55. The smallest absolute Gasteiger partial charge is 0.0399 e. The number of nitrogens with zero attached hydrogens (tertiary/aromatic N) is 2. The predicted molar refractivity (Wildman–Crippen MR) is 82.9 cm³/mol. The number of aryl methyl sites for hydroxylation is 1. The van der Waals surface area contributed by atoms with E-state index in [0.29, 0.717) is 6.04 Å². The molecule has 1 aliphatic heterocycles. The van der Waals surface area contributed by atoms with Gasteiger partial charge in [-0.1, -0.05) is 17.7 Å². The van der Waals surface area contributed by atoms with E-state index in [1.165, 1.54) is 42.7 Å². The summed E-state index contributed by atoms with van der Waals surface area (Å²) in [5.74, 6) is 0. The predicted octanol–water partition coefficient (Wildman–Crippen LogP) is 2.03. The summed E-state index contributed by atoms with van der Waals surface area (Å²) in [6.45, 7) is 5.28. The Balaban J connectivity index is 2.15. The minimum absolute atomic E-state index is 0.662. The van der Waals surface area contributed by atoms with Crippen molar-refractivity contribution in [1.29, 1.82) is 0 Å². The number of anilines is 1. The SMILES string of the molecule is Cc1ccc(N(C)C2CCN(C)CC2)c(CCN)c1. The molecular formula is C16H27N3. The highest BCUT2D eigenvalue weighted by atomic mass is 15.2. The van der Waals surface area contributed by atoms with Crippen molar-refractivity contribution in [2.45, 2.75) is 32.2 Å². The van der Waals surface area contributed by atoms with Crippen molar-refractivity contribution in [3.63, 3.8) is 0 Å². The van der Waals surface area contributed by atoms with Crippen molar-refractivity contribution in [3.8, 4) is 0 Å². The maximum absolute atomic E-state index is 5.75. The van der Waals surface area contributed by atoms with Crippen molar-refractivity contribution in [2.75, 3.05) is 38.6 Å². The van der Waals surface area contributed by atoms with Crippen molar-refractivity contribution in [1.82, 2.24) is 4.90 Å². The van der Waals surface area contributed by atoms with Gasteiger partial charge in [-0.3, -0.25) is 0 Å². The number of hydrogen-bond donors (Lipinski definition) is 1. The van der Waals surface area contributed by atoms with E-state index in [-0.39, 0.29) is 0 Å². The Bertz CT molecular complexity index is 408. The van der Waals surface area contributed by atoms with Crippen molar-refractivity contribution >= 4 is 5.69 Å².